The molecule has 2 N–H and O–H groups in total. The van der Waals surface area contributed by atoms with E-state index >= 15 is 4.79 Å². The third kappa shape index (κ3) is 5.59. The Labute approximate surface area is 348 Å². The first-order chi connectivity index (χ1) is 28.5. The highest BCUT2D eigenvalue weighted by Gasteiger charge is 2.78. The Hall–Kier alpha value is -4.16. The second kappa shape index (κ2) is 14.8. The van der Waals surface area contributed by atoms with Crippen LogP contribution >= 0.6 is 0 Å². The van der Waals surface area contributed by atoms with Crippen LogP contribution in [0, 0.1) is 11.3 Å². The lowest BCUT2D eigenvalue weighted by molar-refractivity contribution is -0.233. The van der Waals surface area contributed by atoms with Gasteiger partial charge in [0.1, 0.15) is 22.9 Å². The first-order valence-corrected chi connectivity index (χ1v) is 21.9. The van der Waals surface area contributed by atoms with Gasteiger partial charge in [-0.05, 0) is 74.2 Å². The number of methoxy groups -OCH3 is 2. The molecule has 9 rings (SSSR count). The van der Waals surface area contributed by atoms with Crippen LogP contribution < -0.4 is 9.64 Å². The summed E-state index contributed by atoms with van der Waals surface area (Å²) in [5.74, 6) is -0.0885. The number of H-pyrrole nitrogens is 1. The van der Waals surface area contributed by atoms with E-state index < -0.39 is 40.0 Å². The number of nitrogens with one attached hydrogen (secondary N) is 1. The summed E-state index contributed by atoms with van der Waals surface area (Å²) in [5.41, 5.74) is 2.93. The van der Waals surface area contributed by atoms with Crippen molar-refractivity contribution in [3.63, 3.8) is 0 Å². The minimum absolute atomic E-state index is 0.00460. The molecule has 1 saturated carbocycles. The van der Waals surface area contributed by atoms with E-state index in [4.69, 9.17) is 18.9 Å². The third-order valence-corrected chi connectivity index (χ3v) is 15.3. The number of esters is 2. The summed E-state index contributed by atoms with van der Waals surface area (Å²) in [6.07, 6.45) is 10.4. The number of benzene rings is 2. The van der Waals surface area contributed by atoms with Gasteiger partial charge in [-0.1, -0.05) is 62.8 Å². The second-order valence-corrected chi connectivity index (χ2v) is 18.2. The molecule has 1 aromatic heterocycles. The number of para-hydroxylation sites is 1. The first-order valence-electron chi connectivity index (χ1n) is 21.9. The highest BCUT2D eigenvalue weighted by atomic mass is 16.6. The molecule has 3 aromatic rings. The van der Waals surface area contributed by atoms with Crippen molar-refractivity contribution in [3.8, 4) is 5.75 Å². The molecule has 59 heavy (non-hydrogen) atoms. The summed E-state index contributed by atoms with van der Waals surface area (Å²) >= 11 is 0. The zero-order valence-corrected chi connectivity index (χ0v) is 35.9. The van der Waals surface area contributed by atoms with Crippen LogP contribution in [0.25, 0.3) is 10.9 Å². The highest BCUT2D eigenvalue weighted by molar-refractivity contribution is 5.94. The maximum Gasteiger partial charge on any atom is 0.322 e. The van der Waals surface area contributed by atoms with Crippen LogP contribution in [-0.2, 0) is 41.1 Å². The van der Waals surface area contributed by atoms with Crippen molar-refractivity contribution in [2.45, 2.75) is 101 Å². The van der Waals surface area contributed by atoms with Gasteiger partial charge in [-0.15, -0.1) is 0 Å². The largest absolute Gasteiger partial charge is 0.496 e. The van der Waals surface area contributed by atoms with Crippen molar-refractivity contribution < 1.29 is 33.6 Å². The number of ether oxygens (including phenoxy) is 4. The Morgan fingerprint density at radius 3 is 2.59 bits per heavy atom. The second-order valence-electron chi connectivity index (χ2n) is 18.2. The number of rotatable bonds is 10. The molecular formula is C48H62N4O7. The quantitative estimate of drug-likeness (QED) is 0.143. The highest BCUT2D eigenvalue weighted by Crippen LogP contribution is 2.68. The van der Waals surface area contributed by atoms with E-state index in [2.05, 4.69) is 89.0 Å². The van der Waals surface area contributed by atoms with Gasteiger partial charge in [-0.25, -0.2) is 0 Å². The standard InChI is InChI=1S/C48H62N4O7/c1-8-22-58-29-48(55)42-46(18-21-52-19-13-17-45(10-3,41(46)52)43(48)59-30(4)53)35-24-36(39(56-6)25-38(35)50(42)5)47(44(54)57-7)26-32-23-31(9-2)27-51(28-32)20-16-34-33-14-11-12-15-37(33)49-40(34)47/h11-15,17,23-25,32,41-43,49,55H,8-10,16,18-22,26-29H2,1-7H3/t32-,41?,42+,43+,45+,46+,47-,48-/m0/s1. The van der Waals surface area contributed by atoms with Crippen molar-refractivity contribution in [1.82, 2.24) is 14.8 Å². The minimum Gasteiger partial charge on any atom is -0.496 e. The van der Waals surface area contributed by atoms with Gasteiger partial charge in [0.15, 0.2) is 0 Å². The molecule has 5 aliphatic heterocycles. The van der Waals surface area contributed by atoms with Gasteiger partial charge in [0.2, 0.25) is 0 Å². The van der Waals surface area contributed by atoms with Crippen molar-refractivity contribution in [3.05, 3.63) is 82.6 Å². The maximum absolute atomic E-state index is 15.3. The summed E-state index contributed by atoms with van der Waals surface area (Å²) in [6.45, 7) is 12.5. The van der Waals surface area contributed by atoms with E-state index in [0.717, 1.165) is 97.4 Å². The number of likely N-dealkylation sites (N-methyl/N-ethyl adjacent to an activating group) is 1. The average Bonchev–Trinajstić information content (AvgIpc) is 3.90. The van der Waals surface area contributed by atoms with Gasteiger partial charge >= 0.3 is 11.9 Å². The van der Waals surface area contributed by atoms with Crippen molar-refractivity contribution in [2.75, 3.05) is 72.1 Å². The molecule has 2 fully saturated rings. The Balaban J connectivity index is 1.35. The van der Waals surface area contributed by atoms with Crippen LogP contribution in [0.3, 0.4) is 0 Å². The lowest BCUT2D eigenvalue weighted by atomic mass is 9.47. The Bertz CT molecular complexity index is 2220. The Morgan fingerprint density at radius 2 is 1.86 bits per heavy atom. The summed E-state index contributed by atoms with van der Waals surface area (Å²) in [7, 11) is 5.24. The topological polar surface area (TPSA) is 117 Å². The molecule has 6 aliphatic rings. The Kier molecular flexibility index (Phi) is 10.1. The molecule has 316 valence electrons. The van der Waals surface area contributed by atoms with Crippen molar-refractivity contribution in [2.24, 2.45) is 11.3 Å². The van der Waals surface area contributed by atoms with Gasteiger partial charge in [0.25, 0.3) is 0 Å². The zero-order valence-electron chi connectivity index (χ0n) is 35.9. The number of aliphatic hydroxyl groups is 1. The fourth-order valence-electron chi connectivity index (χ4n) is 13.4. The summed E-state index contributed by atoms with van der Waals surface area (Å²) in [6, 6.07) is 12.1. The molecule has 9 atom stereocenters. The molecule has 2 unspecified atom stereocenters. The number of carbonyl (C=O) groups is 2. The lowest BCUT2D eigenvalue weighted by Crippen LogP contribution is -2.80. The van der Waals surface area contributed by atoms with Gasteiger partial charge in [0.05, 0.1) is 26.9 Å². The zero-order chi connectivity index (χ0) is 41.5. The average molecular weight is 807 g/mol. The van der Waals surface area contributed by atoms with E-state index in [1.807, 2.05) is 13.1 Å². The normalized spacial score (nSPS) is 34.5. The van der Waals surface area contributed by atoms with Gasteiger partial charge in [-0.2, -0.15) is 0 Å². The van der Waals surface area contributed by atoms with Crippen LogP contribution in [0.4, 0.5) is 5.69 Å². The van der Waals surface area contributed by atoms with E-state index in [1.165, 1.54) is 19.6 Å². The molecule has 11 heteroatoms. The van der Waals surface area contributed by atoms with Gasteiger partial charge in [-0.3, -0.25) is 19.4 Å². The number of hydrogen-bond donors (Lipinski definition) is 2. The molecule has 0 amide bonds. The van der Waals surface area contributed by atoms with E-state index in [-0.39, 0.29) is 24.5 Å². The predicted molar refractivity (Wildman–Crippen MR) is 228 cm³/mol. The molecular weight excluding hydrogens is 745 g/mol. The van der Waals surface area contributed by atoms with Crippen LogP contribution in [-0.4, -0.2) is 123 Å². The fourth-order valence-corrected chi connectivity index (χ4v) is 13.4. The molecule has 2 aromatic carbocycles. The maximum atomic E-state index is 15.3. The Morgan fingerprint density at radius 1 is 1.05 bits per heavy atom. The van der Waals surface area contributed by atoms with Crippen LogP contribution in [0.5, 0.6) is 5.75 Å². The van der Waals surface area contributed by atoms with Crippen molar-refractivity contribution in [1.29, 1.82) is 0 Å². The van der Waals surface area contributed by atoms with E-state index in [9.17, 15) is 9.90 Å². The summed E-state index contributed by atoms with van der Waals surface area (Å²) < 4.78 is 25.2. The molecule has 1 spiro atoms. The van der Waals surface area contributed by atoms with Crippen LogP contribution in [0.1, 0.15) is 82.2 Å². The molecule has 1 aliphatic carbocycles. The number of nitrogens with zero attached hydrogens (tertiary/aromatic N) is 3. The number of hydrogen-bond acceptors (Lipinski definition) is 10. The lowest BCUT2D eigenvalue weighted by Gasteiger charge is -2.64. The van der Waals surface area contributed by atoms with E-state index in [1.54, 1.807) is 7.11 Å². The van der Waals surface area contributed by atoms with Gasteiger partial charge < -0.3 is 33.9 Å². The first kappa shape index (κ1) is 40.3. The fraction of sp³-hybridized carbons (Fsp3) is 0.583. The summed E-state index contributed by atoms with van der Waals surface area (Å²) in [4.78, 5) is 39.6. The van der Waals surface area contributed by atoms with Gasteiger partial charge in [0, 0.05) is 97.5 Å². The van der Waals surface area contributed by atoms with Crippen molar-refractivity contribution >= 4 is 28.5 Å². The molecule has 2 bridgehead atoms. The molecule has 11 nitrogen and oxygen atoms in total. The molecule has 1 saturated heterocycles. The van der Waals surface area contributed by atoms with Crippen LogP contribution in [0.2, 0.25) is 0 Å². The smallest absolute Gasteiger partial charge is 0.322 e. The number of aromatic nitrogens is 1. The number of fused-ring (bicyclic) bond motifs is 6. The monoisotopic (exact) mass is 806 g/mol. The number of carbonyl (C=O) groups excluding carboxylic acids is 2. The predicted octanol–water partition coefficient (Wildman–Crippen LogP) is 6.05. The SMILES string of the molecule is CCCOC[C@@]1(O)[C@H](OC(C)=O)[C@]2(CC)C=CCN3CC[C@@]4(c5cc([C@@]6(C(=O)OC)C[C@@H]7C=C(CC)CN(CCc8c6[nH]c6ccccc86)C7)c(OC)cc5N(C)[C@@H]14)C32. The molecule has 6 heterocycles. The van der Waals surface area contributed by atoms with Crippen LogP contribution in [0.15, 0.2) is 60.2 Å². The number of anilines is 1. The minimum atomic E-state index is -1.60. The number of aromatic amines is 1. The van der Waals surface area contributed by atoms with E-state index in [0.29, 0.717) is 25.2 Å². The summed E-state index contributed by atoms with van der Waals surface area (Å²) in [5, 5.41) is 14.7. The third-order valence-electron chi connectivity index (χ3n) is 15.3. The molecule has 0 radical (unpaired) electrons.